The van der Waals surface area contributed by atoms with Gasteiger partial charge < -0.3 is 14.7 Å². The Morgan fingerprint density at radius 2 is 1.81 bits per heavy atom. The molecule has 2 aliphatic rings. The van der Waals surface area contributed by atoms with E-state index in [4.69, 9.17) is 0 Å². The number of piperazine rings is 1. The second kappa shape index (κ2) is 9.77. The average molecular weight is 436 g/mol. The zero-order valence-corrected chi connectivity index (χ0v) is 17.9. The summed E-state index contributed by atoms with van der Waals surface area (Å²) in [6, 6.07) is 11.6. The molecule has 3 heterocycles. The lowest BCUT2D eigenvalue weighted by atomic mass is 9.95. The predicted molar refractivity (Wildman–Crippen MR) is 117 cm³/mol. The molecule has 2 amide bonds. The van der Waals surface area contributed by atoms with E-state index >= 15 is 0 Å². The van der Waals surface area contributed by atoms with Gasteiger partial charge in [-0.05, 0) is 42.7 Å². The van der Waals surface area contributed by atoms with Crippen molar-refractivity contribution in [2.24, 2.45) is 5.92 Å². The molecule has 2 fully saturated rings. The molecular formula is C24H26FN5O2. The van der Waals surface area contributed by atoms with Gasteiger partial charge in [-0.25, -0.2) is 9.37 Å². The lowest BCUT2D eigenvalue weighted by Crippen LogP contribution is -2.53. The molecule has 1 atom stereocenters. The maximum Gasteiger partial charge on any atom is 0.227 e. The zero-order chi connectivity index (χ0) is 22.5. The van der Waals surface area contributed by atoms with E-state index in [-0.39, 0.29) is 30.0 Å². The third-order valence-corrected chi connectivity index (χ3v) is 6.19. The summed E-state index contributed by atoms with van der Waals surface area (Å²) in [7, 11) is 0. The number of halogens is 1. The number of hydrogen-bond acceptors (Lipinski definition) is 5. The number of piperidine rings is 1. The van der Waals surface area contributed by atoms with Crippen LogP contribution in [0.15, 0.2) is 42.6 Å². The molecule has 1 aromatic carbocycles. The lowest BCUT2D eigenvalue weighted by Gasteiger charge is -2.39. The number of benzene rings is 1. The van der Waals surface area contributed by atoms with Crippen molar-refractivity contribution < 1.29 is 14.0 Å². The number of nitrogens with zero attached hydrogens (tertiary/aromatic N) is 5. The van der Waals surface area contributed by atoms with Gasteiger partial charge in [0.2, 0.25) is 11.8 Å². The van der Waals surface area contributed by atoms with Crippen LogP contribution in [0.1, 0.15) is 24.0 Å². The van der Waals surface area contributed by atoms with Crippen molar-refractivity contribution >= 4 is 17.6 Å². The Kier molecular flexibility index (Phi) is 6.64. The third kappa shape index (κ3) is 4.88. The topological polar surface area (TPSA) is 80.5 Å². The molecule has 166 valence electrons. The molecule has 32 heavy (non-hydrogen) atoms. The molecule has 8 heteroatoms. The Bertz CT molecular complexity index is 1010. The maximum absolute atomic E-state index is 13.1. The number of amides is 2. The van der Waals surface area contributed by atoms with Gasteiger partial charge in [0.05, 0.1) is 17.9 Å². The number of pyridine rings is 1. The first kappa shape index (κ1) is 21.8. The van der Waals surface area contributed by atoms with Crippen LogP contribution in [0, 0.1) is 23.1 Å². The molecular weight excluding hydrogens is 409 g/mol. The number of carbonyl (C=O) groups is 2. The van der Waals surface area contributed by atoms with Gasteiger partial charge in [0, 0.05) is 45.5 Å². The van der Waals surface area contributed by atoms with E-state index in [0.29, 0.717) is 50.6 Å². The predicted octanol–water partition coefficient (Wildman–Crippen LogP) is 2.22. The molecule has 4 rings (SSSR count). The van der Waals surface area contributed by atoms with Crippen molar-refractivity contribution in [3.63, 3.8) is 0 Å². The number of carbonyl (C=O) groups excluding carboxylic acids is 2. The molecule has 2 aliphatic heterocycles. The van der Waals surface area contributed by atoms with E-state index in [1.807, 2.05) is 9.80 Å². The van der Waals surface area contributed by atoms with Crippen molar-refractivity contribution in [1.82, 2.24) is 14.8 Å². The van der Waals surface area contributed by atoms with Crippen LogP contribution in [0.5, 0.6) is 0 Å². The van der Waals surface area contributed by atoms with Gasteiger partial charge in [0.1, 0.15) is 17.7 Å². The number of rotatable bonds is 4. The van der Waals surface area contributed by atoms with Crippen molar-refractivity contribution in [3.05, 3.63) is 59.5 Å². The fourth-order valence-electron chi connectivity index (χ4n) is 4.43. The summed E-state index contributed by atoms with van der Waals surface area (Å²) in [6.45, 7) is 3.46. The minimum absolute atomic E-state index is 0.0295. The van der Waals surface area contributed by atoms with Crippen molar-refractivity contribution in [1.29, 1.82) is 5.26 Å². The molecule has 7 nitrogen and oxygen atoms in total. The summed E-state index contributed by atoms with van der Waals surface area (Å²) >= 11 is 0. The Labute approximate surface area is 187 Å². The molecule has 0 aliphatic carbocycles. The smallest absolute Gasteiger partial charge is 0.227 e. The first-order valence-electron chi connectivity index (χ1n) is 11.0. The largest absolute Gasteiger partial charge is 0.352 e. The molecule has 0 N–H and O–H groups in total. The van der Waals surface area contributed by atoms with Crippen LogP contribution in [0.25, 0.3) is 0 Å². The fourth-order valence-corrected chi connectivity index (χ4v) is 4.43. The van der Waals surface area contributed by atoms with Crippen molar-refractivity contribution in [2.45, 2.75) is 19.3 Å². The maximum atomic E-state index is 13.1. The van der Waals surface area contributed by atoms with E-state index in [9.17, 15) is 19.2 Å². The van der Waals surface area contributed by atoms with E-state index in [2.05, 4.69) is 11.1 Å². The van der Waals surface area contributed by atoms with Crippen LogP contribution in [0.2, 0.25) is 0 Å². The molecule has 0 bridgehead atoms. The molecule has 1 aromatic heterocycles. The van der Waals surface area contributed by atoms with Gasteiger partial charge in [-0.1, -0.05) is 12.1 Å². The first-order chi connectivity index (χ1) is 15.5. The molecule has 2 aromatic rings. The van der Waals surface area contributed by atoms with E-state index in [1.165, 1.54) is 12.1 Å². The van der Waals surface area contributed by atoms with Crippen molar-refractivity contribution in [2.75, 3.05) is 44.2 Å². The first-order valence-corrected chi connectivity index (χ1v) is 11.0. The standard InChI is InChI=1S/C24H26FN5O2/c25-21-7-5-18(6-8-21)15-22(31)30-10-2-4-20(17-30)24(32)29-13-11-28(12-14-29)23-19(16-26)3-1-9-27-23/h1,3,5-9,20H,2,4,10-15,17H2. The second-order valence-corrected chi connectivity index (χ2v) is 8.28. The van der Waals surface area contributed by atoms with Crippen molar-refractivity contribution in [3.8, 4) is 6.07 Å². The molecule has 1 unspecified atom stereocenters. The SMILES string of the molecule is N#Cc1cccnc1N1CCN(C(=O)C2CCCN(C(=O)Cc3ccc(F)cc3)C2)CC1. The summed E-state index contributed by atoms with van der Waals surface area (Å²) in [6.07, 6.45) is 3.46. The van der Waals surface area contributed by atoms with E-state index in [1.54, 1.807) is 35.4 Å². The highest BCUT2D eigenvalue weighted by Gasteiger charge is 2.33. The van der Waals surface area contributed by atoms with Crippen LogP contribution in [0.3, 0.4) is 0 Å². The number of anilines is 1. The highest BCUT2D eigenvalue weighted by atomic mass is 19.1. The number of aromatic nitrogens is 1. The zero-order valence-electron chi connectivity index (χ0n) is 17.9. The Hall–Kier alpha value is -3.47. The van der Waals surface area contributed by atoms with Gasteiger partial charge in [-0.15, -0.1) is 0 Å². The number of hydrogen-bond donors (Lipinski definition) is 0. The Morgan fingerprint density at radius 1 is 1.06 bits per heavy atom. The molecule has 0 saturated carbocycles. The minimum atomic E-state index is -0.322. The van der Waals surface area contributed by atoms with E-state index in [0.717, 1.165) is 18.4 Å². The molecule has 0 radical (unpaired) electrons. The van der Waals surface area contributed by atoms with Crippen LogP contribution >= 0.6 is 0 Å². The van der Waals surface area contributed by atoms with Crippen LogP contribution in [0.4, 0.5) is 10.2 Å². The van der Waals surface area contributed by atoms with Gasteiger partial charge in [0.25, 0.3) is 0 Å². The Morgan fingerprint density at radius 3 is 2.53 bits per heavy atom. The minimum Gasteiger partial charge on any atom is -0.352 e. The molecule has 2 saturated heterocycles. The van der Waals surface area contributed by atoms with E-state index < -0.39 is 0 Å². The third-order valence-electron chi connectivity index (χ3n) is 6.19. The fraction of sp³-hybridized carbons (Fsp3) is 0.417. The summed E-state index contributed by atoms with van der Waals surface area (Å²) in [4.78, 5) is 35.9. The Balaban J connectivity index is 1.32. The average Bonchev–Trinajstić information content (AvgIpc) is 2.85. The summed E-state index contributed by atoms with van der Waals surface area (Å²) in [5, 5.41) is 9.30. The highest BCUT2D eigenvalue weighted by molar-refractivity contribution is 5.82. The number of likely N-dealkylation sites (tertiary alicyclic amines) is 1. The van der Waals surface area contributed by atoms with Crippen LogP contribution in [-0.4, -0.2) is 65.9 Å². The normalized spacial score (nSPS) is 18.9. The van der Waals surface area contributed by atoms with Gasteiger partial charge in [-0.2, -0.15) is 5.26 Å². The van der Waals surface area contributed by atoms with Gasteiger partial charge in [-0.3, -0.25) is 9.59 Å². The summed E-state index contributed by atoms with van der Waals surface area (Å²) < 4.78 is 13.1. The monoisotopic (exact) mass is 435 g/mol. The van der Waals surface area contributed by atoms with Gasteiger partial charge >= 0.3 is 0 Å². The van der Waals surface area contributed by atoms with Crippen LogP contribution in [-0.2, 0) is 16.0 Å². The highest BCUT2D eigenvalue weighted by Crippen LogP contribution is 2.23. The second-order valence-electron chi connectivity index (χ2n) is 8.28. The summed E-state index contributed by atoms with van der Waals surface area (Å²) in [5.74, 6) is 0.203. The lowest BCUT2D eigenvalue weighted by molar-refractivity contribution is -0.140. The van der Waals surface area contributed by atoms with Crippen LogP contribution < -0.4 is 4.90 Å². The van der Waals surface area contributed by atoms with Gasteiger partial charge in [0.15, 0.2) is 0 Å². The summed E-state index contributed by atoms with van der Waals surface area (Å²) in [5.41, 5.74) is 1.31. The molecule has 0 spiro atoms. The quantitative estimate of drug-likeness (QED) is 0.736. The number of nitriles is 1.